The molecule has 0 aromatic heterocycles. The van der Waals surface area contributed by atoms with Crippen LogP contribution < -0.4 is 10.1 Å². The summed E-state index contributed by atoms with van der Waals surface area (Å²) in [7, 11) is 3.66. The summed E-state index contributed by atoms with van der Waals surface area (Å²) >= 11 is 0. The van der Waals surface area contributed by atoms with E-state index in [-0.39, 0.29) is 24.0 Å². The normalized spacial score (nSPS) is 21.4. The van der Waals surface area contributed by atoms with Crippen molar-refractivity contribution in [2.75, 3.05) is 53.5 Å². The van der Waals surface area contributed by atoms with Gasteiger partial charge in [0.25, 0.3) is 0 Å². The molecule has 0 bridgehead atoms. The quantitative estimate of drug-likeness (QED) is 0.353. The number of ether oxygens (including phenoxy) is 2. The van der Waals surface area contributed by atoms with Crippen molar-refractivity contribution in [2.24, 2.45) is 4.99 Å². The number of benzene rings is 1. The van der Waals surface area contributed by atoms with Crippen LogP contribution in [-0.4, -0.2) is 81.4 Å². The van der Waals surface area contributed by atoms with Crippen LogP contribution in [0.4, 0.5) is 0 Å². The van der Waals surface area contributed by atoms with Crippen LogP contribution in [-0.2, 0) is 4.74 Å². The zero-order chi connectivity index (χ0) is 18.9. The Hall–Kier alpha value is -1.06. The number of halogens is 1. The molecule has 0 radical (unpaired) electrons. The highest BCUT2D eigenvalue weighted by molar-refractivity contribution is 14.0. The van der Waals surface area contributed by atoms with Gasteiger partial charge in [-0.1, -0.05) is 18.2 Å². The van der Waals surface area contributed by atoms with E-state index in [0.29, 0.717) is 12.1 Å². The monoisotopic (exact) mass is 502 g/mol. The summed E-state index contributed by atoms with van der Waals surface area (Å²) < 4.78 is 11.3. The highest BCUT2D eigenvalue weighted by Gasteiger charge is 2.26. The summed E-state index contributed by atoms with van der Waals surface area (Å²) in [5, 5.41) is 3.60. The molecule has 7 heteroatoms. The molecule has 2 fully saturated rings. The third-order valence-electron chi connectivity index (χ3n) is 5.58. The lowest BCUT2D eigenvalue weighted by atomic mass is 10.1. The van der Waals surface area contributed by atoms with Gasteiger partial charge in [-0.2, -0.15) is 0 Å². The molecule has 1 atom stereocenters. The van der Waals surface area contributed by atoms with Crippen LogP contribution in [0.5, 0.6) is 5.75 Å². The predicted molar refractivity (Wildman–Crippen MR) is 125 cm³/mol. The van der Waals surface area contributed by atoms with E-state index in [2.05, 4.69) is 20.1 Å². The van der Waals surface area contributed by atoms with Gasteiger partial charge < -0.3 is 19.7 Å². The van der Waals surface area contributed by atoms with Crippen LogP contribution >= 0.6 is 24.0 Å². The number of rotatable bonds is 7. The molecule has 0 amide bonds. The van der Waals surface area contributed by atoms with E-state index >= 15 is 0 Å². The molecule has 2 aliphatic heterocycles. The summed E-state index contributed by atoms with van der Waals surface area (Å²) in [6.07, 6.45) is 4.87. The van der Waals surface area contributed by atoms with Crippen molar-refractivity contribution in [3.8, 4) is 5.75 Å². The third kappa shape index (κ3) is 6.77. The number of methoxy groups -OCH3 is 1. The highest BCUT2D eigenvalue weighted by Crippen LogP contribution is 2.19. The molecule has 3 rings (SSSR count). The number of guanidine groups is 1. The number of nitrogens with zero attached hydrogens (tertiary/aromatic N) is 3. The second-order valence-corrected chi connectivity index (χ2v) is 7.37. The van der Waals surface area contributed by atoms with Gasteiger partial charge in [0, 0.05) is 59.2 Å². The van der Waals surface area contributed by atoms with E-state index in [4.69, 9.17) is 9.47 Å². The minimum atomic E-state index is 0. The topological polar surface area (TPSA) is 49.3 Å². The van der Waals surface area contributed by atoms with Crippen LogP contribution in [0.25, 0.3) is 0 Å². The van der Waals surface area contributed by atoms with E-state index in [0.717, 1.165) is 57.3 Å². The smallest absolute Gasteiger partial charge is 0.193 e. The fourth-order valence-electron chi connectivity index (χ4n) is 4.05. The molecular formula is C21H35IN4O2. The number of piperidine rings is 1. The fraction of sp³-hybridized carbons (Fsp3) is 0.667. The van der Waals surface area contributed by atoms with Gasteiger partial charge in [-0.15, -0.1) is 24.0 Å². The van der Waals surface area contributed by atoms with E-state index in [1.165, 1.54) is 19.4 Å². The molecule has 2 aliphatic rings. The lowest BCUT2D eigenvalue weighted by Gasteiger charge is -2.35. The Morgan fingerprint density at radius 2 is 1.89 bits per heavy atom. The number of aliphatic imine (C=N–C) groups is 1. The maximum Gasteiger partial charge on any atom is 0.193 e. The van der Waals surface area contributed by atoms with Gasteiger partial charge in [-0.25, -0.2) is 0 Å². The lowest BCUT2D eigenvalue weighted by molar-refractivity contribution is 0.128. The first-order valence-electron chi connectivity index (χ1n) is 10.2. The minimum Gasteiger partial charge on any atom is -0.490 e. The van der Waals surface area contributed by atoms with E-state index in [1.54, 1.807) is 7.11 Å². The average molecular weight is 502 g/mol. The molecule has 6 nitrogen and oxygen atoms in total. The Bertz CT molecular complexity index is 579. The van der Waals surface area contributed by atoms with Crippen molar-refractivity contribution < 1.29 is 9.47 Å². The Kier molecular flexibility index (Phi) is 10.4. The molecular weight excluding hydrogens is 467 g/mol. The van der Waals surface area contributed by atoms with Crippen molar-refractivity contribution >= 4 is 29.9 Å². The van der Waals surface area contributed by atoms with Gasteiger partial charge in [-0.3, -0.25) is 9.89 Å². The minimum absolute atomic E-state index is 0. The Labute approximate surface area is 186 Å². The number of nitrogens with one attached hydrogen (secondary N) is 1. The van der Waals surface area contributed by atoms with E-state index in [1.807, 2.05) is 37.4 Å². The summed E-state index contributed by atoms with van der Waals surface area (Å²) in [4.78, 5) is 9.41. The number of hydrogen-bond donors (Lipinski definition) is 1. The zero-order valence-corrected chi connectivity index (χ0v) is 19.5. The lowest BCUT2D eigenvalue weighted by Crippen LogP contribution is -2.50. The number of likely N-dealkylation sites (tertiary alicyclic amines) is 2. The summed E-state index contributed by atoms with van der Waals surface area (Å²) in [5.41, 5.74) is 0. The van der Waals surface area contributed by atoms with Crippen LogP contribution in [0.15, 0.2) is 35.3 Å². The van der Waals surface area contributed by atoms with Gasteiger partial charge in [0.1, 0.15) is 11.9 Å². The van der Waals surface area contributed by atoms with Gasteiger partial charge in [0.2, 0.25) is 0 Å². The molecule has 0 aliphatic carbocycles. The number of hydrogen-bond acceptors (Lipinski definition) is 4. The van der Waals surface area contributed by atoms with Gasteiger partial charge in [0.05, 0.1) is 6.61 Å². The standard InChI is InChI=1S/C21H34N4O2.HI/c1-22-21(23-17-18-7-6-12-24(18)15-16-26-2)25-13-10-20(11-14-25)27-19-8-4-3-5-9-19;/h3-5,8-9,18,20H,6-7,10-17H2,1-2H3,(H,22,23);1H. The first kappa shape index (κ1) is 23.2. The predicted octanol–water partition coefficient (Wildman–Crippen LogP) is 2.83. The highest BCUT2D eigenvalue weighted by atomic mass is 127. The van der Waals surface area contributed by atoms with Crippen LogP contribution in [0.1, 0.15) is 25.7 Å². The van der Waals surface area contributed by atoms with Crippen LogP contribution in [0.3, 0.4) is 0 Å². The van der Waals surface area contributed by atoms with Gasteiger partial charge >= 0.3 is 0 Å². The molecule has 1 aromatic rings. The first-order chi connectivity index (χ1) is 13.3. The van der Waals surface area contributed by atoms with Crippen LogP contribution in [0.2, 0.25) is 0 Å². The maximum absolute atomic E-state index is 6.10. The van der Waals surface area contributed by atoms with Crippen LogP contribution in [0, 0.1) is 0 Å². The molecule has 28 heavy (non-hydrogen) atoms. The largest absolute Gasteiger partial charge is 0.490 e. The second-order valence-electron chi connectivity index (χ2n) is 7.37. The summed E-state index contributed by atoms with van der Waals surface area (Å²) in [5.74, 6) is 1.99. The summed E-state index contributed by atoms with van der Waals surface area (Å²) in [6, 6.07) is 10.7. The molecule has 158 valence electrons. The SMILES string of the molecule is CN=C(NCC1CCCN1CCOC)N1CCC(Oc2ccccc2)CC1.I. The van der Waals surface area contributed by atoms with Crippen molar-refractivity contribution in [3.05, 3.63) is 30.3 Å². The Morgan fingerprint density at radius 1 is 1.14 bits per heavy atom. The molecule has 1 N–H and O–H groups in total. The third-order valence-corrected chi connectivity index (χ3v) is 5.58. The van der Waals surface area contributed by atoms with Gasteiger partial charge in [0.15, 0.2) is 5.96 Å². The zero-order valence-electron chi connectivity index (χ0n) is 17.2. The molecule has 0 spiro atoms. The average Bonchev–Trinajstić information content (AvgIpc) is 3.16. The Balaban J connectivity index is 0.00000280. The summed E-state index contributed by atoms with van der Waals surface area (Å²) in [6.45, 7) is 5.92. The maximum atomic E-state index is 6.10. The van der Waals surface area contributed by atoms with Crippen molar-refractivity contribution in [1.82, 2.24) is 15.1 Å². The number of para-hydroxylation sites is 1. The molecule has 2 heterocycles. The van der Waals surface area contributed by atoms with Crippen molar-refractivity contribution in [3.63, 3.8) is 0 Å². The molecule has 0 saturated carbocycles. The molecule has 1 aromatic carbocycles. The van der Waals surface area contributed by atoms with Crippen molar-refractivity contribution in [2.45, 2.75) is 37.8 Å². The molecule has 1 unspecified atom stereocenters. The Morgan fingerprint density at radius 3 is 2.57 bits per heavy atom. The molecule has 2 saturated heterocycles. The fourth-order valence-corrected chi connectivity index (χ4v) is 4.05. The van der Waals surface area contributed by atoms with E-state index < -0.39 is 0 Å². The van der Waals surface area contributed by atoms with Crippen molar-refractivity contribution in [1.29, 1.82) is 0 Å². The van der Waals surface area contributed by atoms with E-state index in [9.17, 15) is 0 Å². The van der Waals surface area contributed by atoms with Gasteiger partial charge in [-0.05, 0) is 31.5 Å². The second kappa shape index (κ2) is 12.5. The first-order valence-corrected chi connectivity index (χ1v) is 10.2.